The number of carbonyl (C=O) groups excluding carboxylic acids is 1. The van der Waals surface area contributed by atoms with E-state index in [0.29, 0.717) is 16.6 Å². The number of primary amides is 1. The fourth-order valence-electron chi connectivity index (χ4n) is 2.37. The number of nitrogens with zero attached hydrogens (tertiary/aromatic N) is 5. The number of fused-ring (bicyclic) bond motifs is 1. The van der Waals surface area contributed by atoms with E-state index >= 15 is 0 Å². The number of nitrogens with two attached hydrogens (primary N) is 3. The Bertz CT molecular complexity index is 1080. The zero-order valence-electron chi connectivity index (χ0n) is 15.9. The van der Waals surface area contributed by atoms with Gasteiger partial charge in [0.2, 0.25) is 0 Å². The van der Waals surface area contributed by atoms with Crippen molar-refractivity contribution in [3.8, 4) is 0 Å². The lowest BCUT2D eigenvalue weighted by Crippen LogP contribution is -2.23. The number of aryl methyl sites for hydroxylation is 1. The Hall–Kier alpha value is -4.09. The van der Waals surface area contributed by atoms with Gasteiger partial charge in [-0.25, -0.2) is 9.98 Å². The maximum atomic E-state index is 11.6. The van der Waals surface area contributed by atoms with E-state index in [1.807, 2.05) is 0 Å². The minimum absolute atomic E-state index is 0.0335. The van der Waals surface area contributed by atoms with Crippen molar-refractivity contribution in [2.75, 3.05) is 6.54 Å². The molecular weight excluding hydrogens is 378 g/mol. The standard InChI is InChI=1S/C17H21N9O3/c1-8(18)5-10(22-4-3-13(27)28)15(19)25-16(20)14-9-7-23-26(2)12(9)6-11(24-14)17(21)29/h5-7H,3-4,18H2,1-2H3,(H2,21,29)(H,27,28)(H3,19,20,25). The molecule has 0 saturated carbocycles. The van der Waals surface area contributed by atoms with Crippen molar-refractivity contribution in [2.24, 2.45) is 34.2 Å². The zero-order valence-corrected chi connectivity index (χ0v) is 15.9. The van der Waals surface area contributed by atoms with E-state index in [1.54, 1.807) is 14.0 Å². The lowest BCUT2D eigenvalue weighted by molar-refractivity contribution is -0.136. The Labute approximate surface area is 165 Å². The van der Waals surface area contributed by atoms with Crippen LogP contribution in [0.4, 0.5) is 0 Å². The zero-order chi connectivity index (χ0) is 21.7. The molecule has 0 aliphatic carbocycles. The van der Waals surface area contributed by atoms with E-state index in [0.717, 1.165) is 0 Å². The number of hydrogen-bond acceptors (Lipinski definition) is 7. The summed E-state index contributed by atoms with van der Waals surface area (Å²) in [6.45, 7) is 1.53. The van der Waals surface area contributed by atoms with Gasteiger partial charge >= 0.3 is 5.97 Å². The molecule has 2 aromatic rings. The number of carboxylic acids is 1. The van der Waals surface area contributed by atoms with Crippen LogP contribution in [0.5, 0.6) is 0 Å². The third-order valence-corrected chi connectivity index (χ3v) is 3.69. The molecular formula is C17H21N9O3. The maximum Gasteiger partial charge on any atom is 0.305 e. The van der Waals surface area contributed by atoms with Crippen LogP contribution in [0.25, 0.3) is 10.9 Å². The van der Waals surface area contributed by atoms with Gasteiger partial charge in [0.05, 0.1) is 24.7 Å². The van der Waals surface area contributed by atoms with E-state index in [-0.39, 0.29) is 41.7 Å². The number of aliphatic imine (C=N–C) groups is 2. The van der Waals surface area contributed by atoms with Crippen LogP contribution >= 0.6 is 0 Å². The molecule has 12 nitrogen and oxygen atoms in total. The first-order valence-electron chi connectivity index (χ1n) is 8.36. The van der Waals surface area contributed by atoms with Crippen molar-refractivity contribution in [1.82, 2.24) is 14.8 Å². The molecule has 0 aromatic carbocycles. The molecule has 0 fully saturated rings. The molecule has 0 radical (unpaired) electrons. The van der Waals surface area contributed by atoms with Crippen molar-refractivity contribution in [1.29, 1.82) is 5.41 Å². The van der Waals surface area contributed by atoms with E-state index < -0.39 is 11.9 Å². The predicted octanol–water partition coefficient (Wildman–Crippen LogP) is -0.472. The van der Waals surface area contributed by atoms with Crippen LogP contribution in [0.15, 0.2) is 34.0 Å². The maximum absolute atomic E-state index is 11.6. The summed E-state index contributed by atoms with van der Waals surface area (Å²) >= 11 is 0. The van der Waals surface area contributed by atoms with Crippen molar-refractivity contribution in [3.63, 3.8) is 0 Å². The summed E-state index contributed by atoms with van der Waals surface area (Å²) in [6, 6.07) is 1.48. The van der Waals surface area contributed by atoms with Gasteiger partial charge in [0.15, 0.2) is 11.7 Å². The summed E-state index contributed by atoms with van der Waals surface area (Å²) in [7, 11) is 1.67. The van der Waals surface area contributed by atoms with Crippen LogP contribution in [-0.2, 0) is 11.8 Å². The van der Waals surface area contributed by atoms with E-state index in [1.165, 1.54) is 23.0 Å². The normalized spacial score (nSPS) is 13.0. The molecule has 0 aliphatic heterocycles. The van der Waals surface area contributed by atoms with E-state index in [4.69, 9.17) is 27.7 Å². The summed E-state index contributed by atoms with van der Waals surface area (Å²) in [5.41, 5.74) is 18.1. The molecule has 2 rings (SSSR count). The number of allylic oxidation sites excluding steroid dienone is 1. The predicted molar refractivity (Wildman–Crippen MR) is 108 cm³/mol. The SMILES string of the molecule is CC(N)=CC(=NCCC(=O)O)C(=N)N=C(N)c1nc(C(N)=O)cc2c1cnn2C. The van der Waals surface area contributed by atoms with Crippen LogP contribution in [0, 0.1) is 5.41 Å². The molecule has 0 aliphatic rings. The third-order valence-electron chi connectivity index (χ3n) is 3.69. The molecule has 2 aromatic heterocycles. The molecule has 0 saturated heterocycles. The van der Waals surface area contributed by atoms with Crippen molar-refractivity contribution < 1.29 is 14.7 Å². The number of nitrogens with one attached hydrogen (secondary N) is 1. The van der Waals surface area contributed by atoms with Gasteiger partial charge in [0.1, 0.15) is 17.1 Å². The molecule has 0 bridgehead atoms. The molecule has 29 heavy (non-hydrogen) atoms. The Morgan fingerprint density at radius 2 is 2.03 bits per heavy atom. The fourth-order valence-corrected chi connectivity index (χ4v) is 2.37. The minimum Gasteiger partial charge on any atom is -0.481 e. The number of amides is 1. The first kappa shape index (κ1) is 21.2. The molecule has 152 valence electrons. The van der Waals surface area contributed by atoms with E-state index in [2.05, 4.69) is 20.1 Å². The molecule has 0 atom stereocenters. The summed E-state index contributed by atoms with van der Waals surface area (Å²) in [6.07, 6.45) is 2.67. The van der Waals surface area contributed by atoms with Gasteiger partial charge in [0, 0.05) is 18.1 Å². The average Bonchev–Trinajstić information content (AvgIpc) is 3.00. The van der Waals surface area contributed by atoms with Gasteiger partial charge < -0.3 is 22.3 Å². The summed E-state index contributed by atoms with van der Waals surface area (Å²) in [5, 5.41) is 21.5. The topological polar surface area (TPSA) is 212 Å². The molecule has 0 spiro atoms. The highest BCUT2D eigenvalue weighted by Crippen LogP contribution is 2.18. The van der Waals surface area contributed by atoms with Crippen LogP contribution in [0.1, 0.15) is 29.5 Å². The van der Waals surface area contributed by atoms with Crippen LogP contribution in [0.3, 0.4) is 0 Å². The lowest BCUT2D eigenvalue weighted by Gasteiger charge is -2.06. The molecule has 0 unspecified atom stereocenters. The third kappa shape index (κ3) is 5.22. The van der Waals surface area contributed by atoms with Crippen LogP contribution in [0.2, 0.25) is 0 Å². The summed E-state index contributed by atoms with van der Waals surface area (Å²) < 4.78 is 1.52. The van der Waals surface area contributed by atoms with Gasteiger partial charge in [-0.05, 0) is 19.1 Å². The Kier molecular flexibility index (Phi) is 6.39. The molecule has 1 amide bonds. The number of hydrogen-bond donors (Lipinski definition) is 5. The summed E-state index contributed by atoms with van der Waals surface area (Å²) in [4.78, 5) is 34.5. The van der Waals surface area contributed by atoms with Gasteiger partial charge in [-0.2, -0.15) is 5.10 Å². The highest BCUT2D eigenvalue weighted by Gasteiger charge is 2.16. The van der Waals surface area contributed by atoms with Gasteiger partial charge in [0.25, 0.3) is 5.91 Å². The van der Waals surface area contributed by atoms with Crippen molar-refractivity contribution in [3.05, 3.63) is 35.4 Å². The lowest BCUT2D eigenvalue weighted by atomic mass is 10.2. The Morgan fingerprint density at radius 3 is 2.62 bits per heavy atom. The monoisotopic (exact) mass is 399 g/mol. The number of amidine groups is 2. The van der Waals surface area contributed by atoms with Crippen molar-refractivity contribution >= 4 is 40.2 Å². The van der Waals surface area contributed by atoms with Crippen molar-refractivity contribution in [2.45, 2.75) is 13.3 Å². The first-order chi connectivity index (χ1) is 13.6. The first-order valence-corrected chi connectivity index (χ1v) is 8.36. The number of aromatic nitrogens is 3. The van der Waals surface area contributed by atoms with Gasteiger partial charge in [-0.15, -0.1) is 0 Å². The fraction of sp³-hybridized carbons (Fsp3) is 0.235. The van der Waals surface area contributed by atoms with Gasteiger partial charge in [-0.1, -0.05) is 0 Å². The second-order valence-electron chi connectivity index (χ2n) is 6.07. The van der Waals surface area contributed by atoms with Crippen LogP contribution in [-0.4, -0.2) is 55.7 Å². The largest absolute Gasteiger partial charge is 0.481 e. The molecule has 8 N–H and O–H groups in total. The number of carboxylic acid groups (broad SMARTS) is 1. The minimum atomic E-state index is -1.03. The molecule has 12 heteroatoms. The van der Waals surface area contributed by atoms with Gasteiger partial charge in [-0.3, -0.25) is 24.7 Å². The smallest absolute Gasteiger partial charge is 0.305 e. The number of carbonyl (C=O) groups is 2. The number of aliphatic carboxylic acids is 1. The second-order valence-corrected chi connectivity index (χ2v) is 6.07. The van der Waals surface area contributed by atoms with Crippen LogP contribution < -0.4 is 17.2 Å². The number of pyridine rings is 1. The Balaban J connectivity index is 2.50. The summed E-state index contributed by atoms with van der Waals surface area (Å²) in [5.74, 6) is -2.29. The highest BCUT2D eigenvalue weighted by atomic mass is 16.4. The number of rotatable bonds is 7. The average molecular weight is 399 g/mol. The molecule has 2 heterocycles. The highest BCUT2D eigenvalue weighted by molar-refractivity contribution is 6.46. The Morgan fingerprint density at radius 1 is 1.34 bits per heavy atom. The quantitative estimate of drug-likeness (QED) is 0.304. The van der Waals surface area contributed by atoms with E-state index in [9.17, 15) is 9.59 Å². The second kappa shape index (κ2) is 8.73.